The van der Waals surface area contributed by atoms with E-state index in [9.17, 15) is 19.7 Å². The van der Waals surface area contributed by atoms with Crippen molar-refractivity contribution in [3.63, 3.8) is 0 Å². The lowest BCUT2D eigenvalue weighted by molar-refractivity contribution is -0.907. The van der Waals surface area contributed by atoms with Crippen LogP contribution in [0.5, 0.6) is 5.75 Å². The SMILES string of the molecule is CCCCCCCCCc1ccc(OP(=O)(O)CC[N+](C)(CCO)CCO)cc1. The Kier molecular flexibility index (Phi) is 12.8. The molecule has 0 aliphatic heterocycles. The Morgan fingerprint density at radius 2 is 1.45 bits per heavy atom. The van der Waals surface area contributed by atoms with Gasteiger partial charge < -0.3 is 24.1 Å². The quantitative estimate of drug-likeness (QED) is 0.198. The molecule has 6 nitrogen and oxygen atoms in total. The summed E-state index contributed by atoms with van der Waals surface area (Å²) in [5.41, 5.74) is 1.22. The number of aliphatic hydroxyl groups excluding tert-OH is 2. The molecule has 168 valence electrons. The summed E-state index contributed by atoms with van der Waals surface area (Å²) >= 11 is 0. The van der Waals surface area contributed by atoms with E-state index >= 15 is 0 Å². The molecule has 1 aromatic rings. The standard InChI is InChI=1S/C22H40NO5P/c1-3-4-5-6-7-8-9-10-21-11-13-22(14-12-21)28-29(26,27)20-17-23(2,15-18-24)16-19-25/h11-14,24-25H,3-10,15-20H2,1-2H3/p+1. The fourth-order valence-corrected chi connectivity index (χ4v) is 4.68. The van der Waals surface area contributed by atoms with Crippen LogP contribution in [0.4, 0.5) is 0 Å². The first-order valence-electron chi connectivity index (χ1n) is 11.0. The molecule has 7 heteroatoms. The molecule has 0 saturated heterocycles. The van der Waals surface area contributed by atoms with E-state index in [-0.39, 0.29) is 19.4 Å². The molecule has 0 spiro atoms. The van der Waals surface area contributed by atoms with Crippen molar-refractivity contribution in [3.05, 3.63) is 29.8 Å². The van der Waals surface area contributed by atoms with E-state index in [0.29, 0.717) is 29.9 Å². The number of hydrogen-bond acceptors (Lipinski definition) is 4. The molecule has 0 fully saturated rings. The Balaban J connectivity index is 2.41. The third kappa shape index (κ3) is 11.8. The molecule has 3 N–H and O–H groups in total. The van der Waals surface area contributed by atoms with E-state index in [0.717, 1.165) is 12.8 Å². The molecule has 29 heavy (non-hydrogen) atoms. The van der Waals surface area contributed by atoms with Gasteiger partial charge in [0.05, 0.1) is 26.8 Å². The van der Waals surface area contributed by atoms with E-state index in [1.54, 1.807) is 12.1 Å². The predicted octanol–water partition coefficient (Wildman–Crippen LogP) is 3.98. The molecular formula is C22H41NO5P+. The summed E-state index contributed by atoms with van der Waals surface area (Å²) in [6.45, 7) is 3.36. The number of rotatable bonds is 17. The van der Waals surface area contributed by atoms with Crippen LogP contribution in [0.2, 0.25) is 0 Å². The van der Waals surface area contributed by atoms with Gasteiger partial charge in [-0.1, -0.05) is 57.6 Å². The summed E-state index contributed by atoms with van der Waals surface area (Å²) in [7, 11) is -1.94. The van der Waals surface area contributed by atoms with Gasteiger partial charge in [-0.2, -0.15) is 0 Å². The van der Waals surface area contributed by atoms with Crippen LogP contribution in [0.1, 0.15) is 57.4 Å². The lowest BCUT2D eigenvalue weighted by Crippen LogP contribution is -2.49. The van der Waals surface area contributed by atoms with E-state index in [4.69, 9.17) is 4.52 Å². The van der Waals surface area contributed by atoms with Gasteiger partial charge in [0.1, 0.15) is 25.0 Å². The maximum atomic E-state index is 12.4. The average molecular weight is 431 g/mol. The highest BCUT2D eigenvalue weighted by Gasteiger charge is 2.28. The first kappa shape index (κ1) is 26.1. The summed E-state index contributed by atoms with van der Waals surface area (Å²) in [5.74, 6) is 0.401. The zero-order chi connectivity index (χ0) is 21.6. The first-order valence-corrected chi connectivity index (χ1v) is 12.8. The van der Waals surface area contributed by atoms with Gasteiger partial charge in [-0.05, 0) is 30.5 Å². The topological polar surface area (TPSA) is 87.0 Å². The molecule has 0 aromatic heterocycles. The van der Waals surface area contributed by atoms with E-state index < -0.39 is 7.60 Å². The Hall–Kier alpha value is -0.910. The summed E-state index contributed by atoms with van der Waals surface area (Å²) in [6.07, 6.45) is 9.95. The van der Waals surface area contributed by atoms with Gasteiger partial charge >= 0.3 is 7.60 Å². The molecule has 0 bridgehead atoms. The van der Waals surface area contributed by atoms with Gasteiger partial charge in [-0.3, -0.25) is 0 Å². The van der Waals surface area contributed by atoms with Crippen molar-refractivity contribution in [2.24, 2.45) is 0 Å². The number of aryl methyl sites for hydroxylation is 1. The van der Waals surface area contributed by atoms with E-state index in [1.165, 1.54) is 44.1 Å². The first-order chi connectivity index (χ1) is 13.8. The largest absolute Gasteiger partial charge is 0.424 e. The molecule has 0 aliphatic carbocycles. The number of likely N-dealkylation sites (N-methyl/N-ethyl adjacent to an activating group) is 1. The van der Waals surface area contributed by atoms with Crippen molar-refractivity contribution in [2.45, 2.75) is 58.3 Å². The highest BCUT2D eigenvalue weighted by molar-refractivity contribution is 7.53. The number of benzene rings is 1. The summed E-state index contributed by atoms with van der Waals surface area (Å²) < 4.78 is 18.1. The molecule has 1 unspecified atom stereocenters. The van der Waals surface area contributed by atoms with Gasteiger partial charge in [0.25, 0.3) is 0 Å². The lowest BCUT2D eigenvalue weighted by Gasteiger charge is -2.33. The third-order valence-corrected chi connectivity index (χ3v) is 6.70. The van der Waals surface area contributed by atoms with E-state index in [2.05, 4.69) is 6.92 Å². The van der Waals surface area contributed by atoms with Gasteiger partial charge in [0.2, 0.25) is 0 Å². The van der Waals surface area contributed by atoms with Crippen molar-refractivity contribution in [3.8, 4) is 5.75 Å². The number of aliphatic hydroxyl groups is 2. The van der Waals surface area contributed by atoms with Crippen molar-refractivity contribution in [1.29, 1.82) is 0 Å². The van der Waals surface area contributed by atoms with Gasteiger partial charge in [0.15, 0.2) is 0 Å². The number of quaternary nitrogens is 1. The van der Waals surface area contributed by atoms with Crippen molar-refractivity contribution in [1.82, 2.24) is 0 Å². The zero-order valence-corrected chi connectivity index (χ0v) is 19.2. The van der Waals surface area contributed by atoms with Crippen LogP contribution >= 0.6 is 7.60 Å². The second kappa shape index (κ2) is 14.2. The van der Waals surface area contributed by atoms with Gasteiger partial charge in [-0.25, -0.2) is 4.57 Å². The second-order valence-corrected chi connectivity index (χ2v) is 10.1. The predicted molar refractivity (Wildman–Crippen MR) is 118 cm³/mol. The monoisotopic (exact) mass is 430 g/mol. The van der Waals surface area contributed by atoms with Gasteiger partial charge in [0, 0.05) is 0 Å². The Morgan fingerprint density at radius 1 is 0.897 bits per heavy atom. The van der Waals surface area contributed by atoms with E-state index in [1.807, 2.05) is 19.2 Å². The minimum atomic E-state index is -3.79. The van der Waals surface area contributed by atoms with Crippen molar-refractivity contribution >= 4 is 7.60 Å². The fourth-order valence-electron chi connectivity index (χ4n) is 3.40. The lowest BCUT2D eigenvalue weighted by atomic mass is 10.0. The smallest absolute Gasteiger partial charge is 0.382 e. The van der Waals surface area contributed by atoms with Crippen molar-refractivity contribution < 1.29 is 28.7 Å². The maximum Gasteiger partial charge on any atom is 0.382 e. The Bertz CT molecular complexity index is 587. The van der Waals surface area contributed by atoms with Crippen LogP contribution in [0.25, 0.3) is 0 Å². The summed E-state index contributed by atoms with van der Waals surface area (Å²) in [5, 5.41) is 18.4. The molecule has 1 aromatic carbocycles. The Labute approximate surface area is 176 Å². The zero-order valence-electron chi connectivity index (χ0n) is 18.3. The molecule has 1 atom stereocenters. The van der Waals surface area contributed by atoms with Crippen LogP contribution < -0.4 is 4.52 Å². The number of nitrogens with zero attached hydrogens (tertiary/aromatic N) is 1. The maximum absolute atomic E-state index is 12.4. The van der Waals surface area contributed by atoms with Gasteiger partial charge in [-0.15, -0.1) is 0 Å². The minimum Gasteiger partial charge on any atom is -0.424 e. The average Bonchev–Trinajstić information content (AvgIpc) is 2.67. The second-order valence-electron chi connectivity index (χ2n) is 8.21. The van der Waals surface area contributed by atoms with Crippen LogP contribution in [-0.2, 0) is 11.0 Å². The third-order valence-electron chi connectivity index (χ3n) is 5.44. The highest BCUT2D eigenvalue weighted by atomic mass is 31.2. The molecule has 0 saturated carbocycles. The van der Waals surface area contributed by atoms with Crippen molar-refractivity contribution in [2.75, 3.05) is 46.1 Å². The molecular weight excluding hydrogens is 389 g/mol. The normalized spacial score (nSPS) is 14.0. The number of unbranched alkanes of at least 4 members (excludes halogenated alkanes) is 6. The van der Waals surface area contributed by atoms with Crippen LogP contribution in [0, 0.1) is 0 Å². The number of hydrogen-bond donors (Lipinski definition) is 3. The molecule has 0 amide bonds. The minimum absolute atomic E-state index is 0.0245. The molecule has 0 heterocycles. The highest BCUT2D eigenvalue weighted by Crippen LogP contribution is 2.42. The molecule has 0 aliphatic rings. The summed E-state index contributed by atoms with van der Waals surface area (Å²) in [4.78, 5) is 10.2. The van der Waals surface area contributed by atoms with Crippen LogP contribution in [0.3, 0.4) is 0 Å². The van der Waals surface area contributed by atoms with Crippen LogP contribution in [0.15, 0.2) is 24.3 Å². The summed E-state index contributed by atoms with van der Waals surface area (Å²) in [6, 6.07) is 7.44. The molecule has 1 rings (SSSR count). The van der Waals surface area contributed by atoms with Crippen LogP contribution in [-0.4, -0.2) is 65.6 Å². The molecule has 0 radical (unpaired) electrons. The Morgan fingerprint density at radius 3 is 2.00 bits per heavy atom. The fraction of sp³-hybridized carbons (Fsp3) is 0.727.